The lowest BCUT2D eigenvalue weighted by atomic mass is 10.3. The molecule has 0 N–H and O–H groups in total. The number of benzene rings is 1. The molecule has 88 valence electrons. The van der Waals surface area contributed by atoms with Gasteiger partial charge in [-0.1, -0.05) is 6.07 Å². The van der Waals surface area contributed by atoms with Crippen LogP contribution >= 0.6 is 0 Å². The second kappa shape index (κ2) is 4.21. The lowest BCUT2D eigenvalue weighted by molar-refractivity contribution is 0.566. The third kappa shape index (κ3) is 2.31. The first-order valence-corrected chi connectivity index (χ1v) is 6.11. The van der Waals surface area contributed by atoms with Crippen LogP contribution < -0.4 is 0 Å². The molecule has 2 aromatic rings. The summed E-state index contributed by atoms with van der Waals surface area (Å²) in [4.78, 5) is 3.20. The van der Waals surface area contributed by atoms with Gasteiger partial charge in [0.25, 0.3) is 0 Å². The van der Waals surface area contributed by atoms with Crippen molar-refractivity contribution in [3.8, 4) is 0 Å². The van der Waals surface area contributed by atoms with Gasteiger partial charge in [0.05, 0.1) is 4.90 Å². The molecular weight excluding hydrogens is 248 g/mol. The maximum atomic E-state index is 12.9. The third-order valence-corrected chi connectivity index (χ3v) is 3.71. The van der Waals surface area contributed by atoms with Gasteiger partial charge < -0.3 is 0 Å². The van der Waals surface area contributed by atoms with Gasteiger partial charge in [-0.3, -0.25) is 0 Å². The van der Waals surface area contributed by atoms with Crippen LogP contribution in [0.25, 0.3) is 0 Å². The molecule has 6 heteroatoms. The Bertz CT molecular complexity index is 622. The van der Waals surface area contributed by atoms with E-state index in [1.807, 2.05) is 0 Å². The van der Waals surface area contributed by atoms with Crippen molar-refractivity contribution in [3.63, 3.8) is 0 Å². The highest BCUT2D eigenvalue weighted by molar-refractivity contribution is 7.91. The Morgan fingerprint density at radius 2 is 1.65 bits per heavy atom. The number of aromatic nitrogens is 1. The molecular formula is C11H7F2NO2S. The van der Waals surface area contributed by atoms with Crippen molar-refractivity contribution in [1.29, 1.82) is 0 Å². The Kier molecular flexibility index (Phi) is 2.89. The molecule has 0 fully saturated rings. The third-order valence-electron chi connectivity index (χ3n) is 2.06. The molecule has 17 heavy (non-hydrogen) atoms. The number of halogens is 2. The highest BCUT2D eigenvalue weighted by Gasteiger charge is 2.20. The SMILES string of the molecule is O=S(=O)(c1cc(F)cc(F)c1)c1ccccn1. The molecule has 0 radical (unpaired) electrons. The van der Waals surface area contributed by atoms with Crippen LogP contribution in [0.3, 0.4) is 0 Å². The molecule has 0 spiro atoms. The Labute approximate surface area is 96.7 Å². The predicted octanol–water partition coefficient (Wildman–Crippen LogP) is 2.19. The minimum Gasteiger partial charge on any atom is -0.244 e. The Morgan fingerprint density at radius 1 is 1.00 bits per heavy atom. The molecule has 0 saturated heterocycles. The van der Waals surface area contributed by atoms with Gasteiger partial charge in [0.2, 0.25) is 9.84 Å². The Morgan fingerprint density at radius 3 is 2.18 bits per heavy atom. The topological polar surface area (TPSA) is 47.0 Å². The van der Waals surface area contributed by atoms with Crippen LogP contribution in [0.5, 0.6) is 0 Å². The van der Waals surface area contributed by atoms with Crippen LogP contribution in [0.4, 0.5) is 8.78 Å². The van der Waals surface area contributed by atoms with Gasteiger partial charge in [-0.2, -0.15) is 0 Å². The lowest BCUT2D eigenvalue weighted by Gasteiger charge is -2.03. The van der Waals surface area contributed by atoms with Crippen LogP contribution in [0, 0.1) is 11.6 Å². The summed E-state index contributed by atoms with van der Waals surface area (Å²) < 4.78 is 49.8. The second-order valence-corrected chi connectivity index (χ2v) is 5.17. The highest BCUT2D eigenvalue weighted by Crippen LogP contribution is 2.20. The van der Waals surface area contributed by atoms with Crippen LogP contribution in [-0.4, -0.2) is 13.4 Å². The molecule has 0 atom stereocenters. The van der Waals surface area contributed by atoms with Crippen molar-refractivity contribution < 1.29 is 17.2 Å². The fourth-order valence-corrected chi connectivity index (χ4v) is 2.54. The van der Waals surface area contributed by atoms with Crippen molar-refractivity contribution in [2.45, 2.75) is 9.92 Å². The summed E-state index contributed by atoms with van der Waals surface area (Å²) in [5, 5.41) is -0.245. The largest absolute Gasteiger partial charge is 0.244 e. The molecule has 1 aromatic carbocycles. The van der Waals surface area contributed by atoms with Gasteiger partial charge in [-0.05, 0) is 24.3 Å². The Balaban J connectivity index is 2.60. The summed E-state index contributed by atoms with van der Waals surface area (Å²) in [6.45, 7) is 0. The minimum absolute atomic E-state index is 0.245. The van der Waals surface area contributed by atoms with Gasteiger partial charge in [0.15, 0.2) is 5.03 Å². The number of nitrogens with zero attached hydrogens (tertiary/aromatic N) is 1. The zero-order chi connectivity index (χ0) is 12.5. The monoisotopic (exact) mass is 255 g/mol. The summed E-state index contributed by atoms with van der Waals surface area (Å²) in [6, 6.07) is 6.41. The molecule has 1 heterocycles. The minimum atomic E-state index is -3.98. The molecule has 1 aromatic heterocycles. The van der Waals surface area contributed by atoms with E-state index in [4.69, 9.17) is 0 Å². The zero-order valence-electron chi connectivity index (χ0n) is 8.47. The van der Waals surface area contributed by atoms with E-state index in [1.165, 1.54) is 18.3 Å². The van der Waals surface area contributed by atoms with E-state index in [0.29, 0.717) is 6.07 Å². The van der Waals surface area contributed by atoms with Gasteiger partial charge in [-0.25, -0.2) is 22.2 Å². The maximum absolute atomic E-state index is 12.9. The molecule has 0 aliphatic heterocycles. The van der Waals surface area contributed by atoms with Crippen molar-refractivity contribution in [2.24, 2.45) is 0 Å². The van der Waals surface area contributed by atoms with Gasteiger partial charge in [0.1, 0.15) is 11.6 Å². The van der Waals surface area contributed by atoms with Gasteiger partial charge in [0, 0.05) is 12.3 Å². The number of sulfone groups is 1. The fraction of sp³-hybridized carbons (Fsp3) is 0. The molecule has 0 bridgehead atoms. The standard InChI is InChI=1S/C11H7F2NO2S/c12-8-5-9(13)7-10(6-8)17(15,16)11-3-1-2-4-14-11/h1-7H. The summed E-state index contributed by atoms with van der Waals surface area (Å²) in [5.74, 6) is -1.89. The van der Waals surface area contributed by atoms with Crippen LogP contribution in [-0.2, 0) is 9.84 Å². The summed E-state index contributed by atoms with van der Waals surface area (Å²) in [7, 11) is -3.98. The van der Waals surface area contributed by atoms with E-state index in [1.54, 1.807) is 6.07 Å². The van der Waals surface area contributed by atoms with E-state index in [-0.39, 0.29) is 5.03 Å². The summed E-state index contributed by atoms with van der Waals surface area (Å²) in [5.41, 5.74) is 0. The van der Waals surface area contributed by atoms with Crippen LogP contribution in [0.15, 0.2) is 52.5 Å². The van der Waals surface area contributed by atoms with E-state index in [9.17, 15) is 17.2 Å². The summed E-state index contributed by atoms with van der Waals surface area (Å²) >= 11 is 0. The molecule has 3 nitrogen and oxygen atoms in total. The van der Waals surface area contributed by atoms with Crippen molar-refractivity contribution in [1.82, 2.24) is 4.98 Å². The zero-order valence-corrected chi connectivity index (χ0v) is 9.29. The number of rotatable bonds is 2. The predicted molar refractivity (Wildman–Crippen MR) is 56.0 cm³/mol. The fourth-order valence-electron chi connectivity index (χ4n) is 1.31. The smallest absolute Gasteiger partial charge is 0.224 e. The van der Waals surface area contributed by atoms with E-state index < -0.39 is 26.4 Å². The normalized spacial score (nSPS) is 11.4. The van der Waals surface area contributed by atoms with Gasteiger partial charge in [-0.15, -0.1) is 0 Å². The van der Waals surface area contributed by atoms with Crippen LogP contribution in [0.2, 0.25) is 0 Å². The molecule has 0 unspecified atom stereocenters. The molecule has 0 aliphatic rings. The van der Waals surface area contributed by atoms with Crippen molar-refractivity contribution in [2.75, 3.05) is 0 Å². The second-order valence-electron chi connectivity index (χ2n) is 3.28. The Hall–Kier alpha value is -1.82. The average molecular weight is 255 g/mol. The quantitative estimate of drug-likeness (QED) is 0.826. The number of hydrogen-bond acceptors (Lipinski definition) is 3. The summed E-state index contributed by atoms with van der Waals surface area (Å²) in [6.07, 6.45) is 1.29. The first-order chi connectivity index (χ1) is 8.00. The lowest BCUT2D eigenvalue weighted by Crippen LogP contribution is -2.05. The molecule has 0 aliphatic carbocycles. The van der Waals surface area contributed by atoms with E-state index in [0.717, 1.165) is 12.1 Å². The van der Waals surface area contributed by atoms with E-state index in [2.05, 4.69) is 4.98 Å². The maximum Gasteiger partial charge on any atom is 0.224 e. The first kappa shape index (κ1) is 11.7. The average Bonchev–Trinajstić information content (AvgIpc) is 2.29. The molecule has 0 amide bonds. The first-order valence-electron chi connectivity index (χ1n) is 4.62. The molecule has 0 saturated carbocycles. The van der Waals surface area contributed by atoms with E-state index >= 15 is 0 Å². The number of hydrogen-bond donors (Lipinski definition) is 0. The number of pyridine rings is 1. The highest BCUT2D eigenvalue weighted by atomic mass is 32.2. The van der Waals surface area contributed by atoms with Crippen molar-refractivity contribution in [3.05, 3.63) is 54.2 Å². The van der Waals surface area contributed by atoms with Crippen molar-refractivity contribution >= 4 is 9.84 Å². The van der Waals surface area contributed by atoms with Crippen LogP contribution in [0.1, 0.15) is 0 Å². The molecule has 2 rings (SSSR count). The van der Waals surface area contributed by atoms with Gasteiger partial charge >= 0.3 is 0 Å².